The Morgan fingerprint density at radius 3 is 2.51 bits per heavy atom. The number of amides is 1. The van der Waals surface area contributed by atoms with E-state index < -0.39 is 5.41 Å². The molecule has 0 aliphatic carbocycles. The second kappa shape index (κ2) is 11.0. The topological polar surface area (TPSA) is 85.6 Å². The molecule has 4 aromatic rings. The molecule has 0 aliphatic rings. The zero-order chi connectivity index (χ0) is 26.7. The molecule has 0 unspecified atom stereocenters. The Morgan fingerprint density at radius 2 is 1.84 bits per heavy atom. The molecule has 190 valence electrons. The van der Waals surface area contributed by atoms with Crippen molar-refractivity contribution < 1.29 is 9.53 Å². The van der Waals surface area contributed by atoms with Gasteiger partial charge in [0.25, 0.3) is 11.5 Å². The number of ether oxygens (including phenoxy) is 1. The first-order valence-corrected chi connectivity index (χ1v) is 12.8. The number of nitrogens with zero attached hydrogens (tertiary/aromatic N) is 3. The zero-order valence-electron chi connectivity index (χ0n) is 20.3. The van der Waals surface area contributed by atoms with Crippen LogP contribution in [0.1, 0.15) is 32.2 Å². The van der Waals surface area contributed by atoms with Crippen LogP contribution in [0.15, 0.2) is 75.0 Å². The summed E-state index contributed by atoms with van der Waals surface area (Å²) >= 11 is 15.7. The molecule has 0 atom stereocenters. The number of halogens is 3. The van der Waals surface area contributed by atoms with Crippen LogP contribution in [-0.2, 0) is 10.2 Å². The molecular formula is C27H23BrCl2N4O3. The minimum absolute atomic E-state index is 0.224. The molecule has 37 heavy (non-hydrogen) atoms. The second-order valence-corrected chi connectivity index (χ2v) is 11.0. The highest BCUT2D eigenvalue weighted by Crippen LogP contribution is 2.26. The maximum absolute atomic E-state index is 13.3. The van der Waals surface area contributed by atoms with Gasteiger partial charge in [0.2, 0.25) is 0 Å². The number of nitrogens with one attached hydrogen (secondary N) is 1. The molecule has 0 spiro atoms. The SMILES string of the molecule is CC(C)(C)c1nc2ccc(Br)cc2c(=O)n1N=Cc1ccc(OCC(=O)Nc2ccc(Cl)cc2)c(Cl)c1. The summed E-state index contributed by atoms with van der Waals surface area (Å²) < 4.78 is 7.66. The molecule has 1 N–H and O–H groups in total. The average Bonchev–Trinajstić information content (AvgIpc) is 2.84. The van der Waals surface area contributed by atoms with Crippen LogP contribution in [0.5, 0.6) is 5.75 Å². The number of fused-ring (bicyclic) bond motifs is 1. The highest BCUT2D eigenvalue weighted by Gasteiger charge is 2.23. The van der Waals surface area contributed by atoms with Crippen LogP contribution in [0.3, 0.4) is 0 Å². The lowest BCUT2D eigenvalue weighted by Gasteiger charge is -2.20. The standard InChI is InChI=1S/C27H23BrCl2N4O3/c1-27(2,3)26-33-22-10-5-17(28)13-20(22)25(36)34(26)31-14-16-4-11-23(21(30)12-16)37-15-24(35)32-19-8-6-18(29)7-9-19/h4-14H,15H2,1-3H3,(H,32,35). The van der Waals surface area contributed by atoms with Crippen molar-refractivity contribution in [1.29, 1.82) is 0 Å². The highest BCUT2D eigenvalue weighted by atomic mass is 79.9. The molecule has 3 aromatic carbocycles. The quantitative estimate of drug-likeness (QED) is 0.250. The van der Waals surface area contributed by atoms with Crippen LogP contribution in [0.2, 0.25) is 10.0 Å². The summed E-state index contributed by atoms with van der Waals surface area (Å²) in [7, 11) is 0. The van der Waals surface area contributed by atoms with E-state index in [0.717, 1.165) is 4.47 Å². The fourth-order valence-corrected chi connectivity index (χ4v) is 4.18. The van der Waals surface area contributed by atoms with Crippen LogP contribution in [-0.4, -0.2) is 28.4 Å². The van der Waals surface area contributed by atoms with Gasteiger partial charge in [-0.2, -0.15) is 9.78 Å². The monoisotopic (exact) mass is 600 g/mol. The minimum atomic E-state index is -0.431. The number of hydrogen-bond donors (Lipinski definition) is 1. The first kappa shape index (κ1) is 26.9. The van der Waals surface area contributed by atoms with Gasteiger partial charge in [-0.05, 0) is 66.2 Å². The second-order valence-electron chi connectivity index (χ2n) is 9.24. The van der Waals surface area contributed by atoms with Gasteiger partial charge in [-0.3, -0.25) is 9.59 Å². The number of anilines is 1. The van der Waals surface area contributed by atoms with E-state index in [1.807, 2.05) is 26.8 Å². The first-order valence-electron chi connectivity index (χ1n) is 11.3. The summed E-state index contributed by atoms with van der Waals surface area (Å²) in [6.45, 7) is 5.69. The third-order valence-electron chi connectivity index (χ3n) is 5.24. The molecule has 0 saturated carbocycles. The molecule has 0 fully saturated rings. The molecule has 10 heteroatoms. The molecule has 0 bridgehead atoms. The predicted molar refractivity (Wildman–Crippen MR) is 152 cm³/mol. The van der Waals surface area contributed by atoms with E-state index in [1.165, 1.54) is 10.9 Å². The van der Waals surface area contributed by atoms with Gasteiger partial charge in [0.15, 0.2) is 6.61 Å². The van der Waals surface area contributed by atoms with Crippen LogP contribution < -0.4 is 15.6 Å². The summed E-state index contributed by atoms with van der Waals surface area (Å²) in [4.78, 5) is 30.2. The fourth-order valence-electron chi connectivity index (χ4n) is 3.45. The van der Waals surface area contributed by atoms with Crippen LogP contribution in [0.4, 0.5) is 5.69 Å². The van der Waals surface area contributed by atoms with Gasteiger partial charge in [0.1, 0.15) is 11.6 Å². The van der Waals surface area contributed by atoms with E-state index in [0.29, 0.717) is 43.8 Å². The Morgan fingerprint density at radius 1 is 1.11 bits per heavy atom. The van der Waals surface area contributed by atoms with Gasteiger partial charge in [0.05, 0.1) is 22.1 Å². The summed E-state index contributed by atoms with van der Waals surface area (Å²) in [5.74, 6) is 0.532. The zero-order valence-corrected chi connectivity index (χ0v) is 23.4. The van der Waals surface area contributed by atoms with Gasteiger partial charge in [-0.15, -0.1) is 0 Å². The minimum Gasteiger partial charge on any atom is -0.482 e. The van der Waals surface area contributed by atoms with Gasteiger partial charge in [-0.1, -0.05) is 59.9 Å². The van der Waals surface area contributed by atoms with Gasteiger partial charge >= 0.3 is 0 Å². The molecule has 1 aromatic heterocycles. The molecule has 7 nitrogen and oxygen atoms in total. The Kier molecular flexibility index (Phi) is 8.02. The lowest BCUT2D eigenvalue weighted by atomic mass is 9.95. The number of aromatic nitrogens is 2. The van der Waals surface area contributed by atoms with E-state index in [2.05, 4.69) is 26.3 Å². The average molecular weight is 602 g/mol. The maximum Gasteiger partial charge on any atom is 0.282 e. The van der Waals surface area contributed by atoms with Crippen molar-refractivity contribution in [2.24, 2.45) is 5.10 Å². The van der Waals surface area contributed by atoms with Crippen molar-refractivity contribution >= 4 is 67.8 Å². The first-order chi connectivity index (χ1) is 17.5. The molecular weight excluding hydrogens is 579 g/mol. The van der Waals surface area contributed by atoms with Crippen molar-refractivity contribution in [2.75, 3.05) is 11.9 Å². The van der Waals surface area contributed by atoms with E-state index >= 15 is 0 Å². The molecule has 0 radical (unpaired) electrons. The maximum atomic E-state index is 13.3. The van der Waals surface area contributed by atoms with Crippen molar-refractivity contribution in [1.82, 2.24) is 9.66 Å². The lowest BCUT2D eigenvalue weighted by molar-refractivity contribution is -0.118. The molecule has 0 aliphatic heterocycles. The number of carbonyl (C=O) groups excluding carboxylic acids is 1. The van der Waals surface area contributed by atoms with Crippen LogP contribution in [0.25, 0.3) is 10.9 Å². The summed E-state index contributed by atoms with van der Waals surface area (Å²) in [6, 6.07) is 17.2. The van der Waals surface area contributed by atoms with Crippen molar-refractivity contribution in [3.8, 4) is 5.75 Å². The van der Waals surface area contributed by atoms with E-state index in [9.17, 15) is 9.59 Å². The van der Waals surface area contributed by atoms with E-state index in [4.69, 9.17) is 32.9 Å². The molecule has 0 saturated heterocycles. The van der Waals surface area contributed by atoms with Gasteiger partial charge in [-0.25, -0.2) is 4.98 Å². The number of rotatable bonds is 6. The third kappa shape index (κ3) is 6.57. The molecule has 4 rings (SSSR count). The smallest absolute Gasteiger partial charge is 0.282 e. The number of carbonyl (C=O) groups is 1. The Bertz CT molecular complexity index is 1560. The summed E-state index contributed by atoms with van der Waals surface area (Å²) in [6.07, 6.45) is 1.53. The summed E-state index contributed by atoms with van der Waals surface area (Å²) in [5.41, 5.74) is 1.15. The van der Waals surface area contributed by atoms with Crippen LogP contribution >= 0.6 is 39.1 Å². The summed E-state index contributed by atoms with van der Waals surface area (Å²) in [5, 5.41) is 8.50. The van der Waals surface area contributed by atoms with E-state index in [-0.39, 0.29) is 18.1 Å². The lowest BCUT2D eigenvalue weighted by Crippen LogP contribution is -2.29. The van der Waals surface area contributed by atoms with Crippen molar-refractivity contribution in [3.63, 3.8) is 0 Å². The largest absolute Gasteiger partial charge is 0.482 e. The van der Waals surface area contributed by atoms with Crippen molar-refractivity contribution in [2.45, 2.75) is 26.2 Å². The Balaban J connectivity index is 1.53. The normalized spacial score (nSPS) is 11.7. The highest BCUT2D eigenvalue weighted by molar-refractivity contribution is 9.10. The third-order valence-corrected chi connectivity index (χ3v) is 6.28. The predicted octanol–water partition coefficient (Wildman–Crippen LogP) is 6.66. The van der Waals surface area contributed by atoms with Crippen LogP contribution in [0, 0.1) is 0 Å². The number of hydrogen-bond acceptors (Lipinski definition) is 5. The molecule has 1 heterocycles. The van der Waals surface area contributed by atoms with Gasteiger partial charge < -0.3 is 10.1 Å². The van der Waals surface area contributed by atoms with Crippen molar-refractivity contribution in [3.05, 3.63) is 96.9 Å². The Labute approximate surface area is 232 Å². The molecule has 1 amide bonds. The Hall–Kier alpha value is -3.20. The fraction of sp³-hybridized carbons (Fsp3) is 0.185. The van der Waals surface area contributed by atoms with E-state index in [1.54, 1.807) is 54.6 Å². The number of benzene rings is 3. The van der Waals surface area contributed by atoms with Gasteiger partial charge in [0, 0.05) is 20.6 Å².